The van der Waals surface area contributed by atoms with Crippen LogP contribution in [0.3, 0.4) is 0 Å². The molecule has 0 bridgehead atoms. The molecule has 43 heavy (non-hydrogen) atoms. The second-order valence-electron chi connectivity index (χ2n) is 11.0. The number of H-pyrrole nitrogens is 1. The number of aromatic amines is 1. The topological polar surface area (TPSA) is 103 Å². The number of hydrogen-bond acceptors (Lipinski definition) is 6. The van der Waals surface area contributed by atoms with Crippen molar-refractivity contribution in [3.63, 3.8) is 0 Å². The number of rotatable bonds is 9. The van der Waals surface area contributed by atoms with Crippen LogP contribution in [0.1, 0.15) is 67.7 Å². The number of fused-ring (bicyclic) bond motifs is 1. The van der Waals surface area contributed by atoms with Crippen LogP contribution < -0.4 is 16.1 Å². The van der Waals surface area contributed by atoms with Gasteiger partial charge in [0.05, 0.1) is 18.0 Å². The minimum atomic E-state index is -0.593. The van der Waals surface area contributed by atoms with Crippen molar-refractivity contribution >= 4 is 29.6 Å². The van der Waals surface area contributed by atoms with E-state index in [1.165, 1.54) is 0 Å². The number of nitrogens with one attached hydrogen (secondary N) is 1. The number of nitrogens with zero attached hydrogens (tertiary/aromatic N) is 3. The number of benzene rings is 3. The van der Waals surface area contributed by atoms with Gasteiger partial charge in [0, 0.05) is 59.4 Å². The van der Waals surface area contributed by atoms with E-state index in [1.54, 1.807) is 4.57 Å². The number of ether oxygens (including phenoxy) is 1. The van der Waals surface area contributed by atoms with Crippen molar-refractivity contribution in [3.8, 4) is 34.0 Å². The quantitative estimate of drug-likeness (QED) is 0.218. The first-order valence-corrected chi connectivity index (χ1v) is 14.6. The van der Waals surface area contributed by atoms with Crippen molar-refractivity contribution in [2.45, 2.75) is 58.8 Å². The van der Waals surface area contributed by atoms with Crippen LogP contribution in [0.15, 0.2) is 80.8 Å². The molecule has 9 heteroatoms. The van der Waals surface area contributed by atoms with Gasteiger partial charge in [-0.1, -0.05) is 80.9 Å². The monoisotopic (exact) mass is 585 g/mol. The van der Waals surface area contributed by atoms with Crippen molar-refractivity contribution < 1.29 is 9.26 Å². The van der Waals surface area contributed by atoms with Crippen LogP contribution in [0.25, 0.3) is 28.2 Å². The van der Waals surface area contributed by atoms with Gasteiger partial charge in [-0.3, -0.25) is 18.9 Å². The summed E-state index contributed by atoms with van der Waals surface area (Å²) in [6.07, 6.45) is 4.08. The zero-order valence-corrected chi connectivity index (χ0v) is 27.1. The van der Waals surface area contributed by atoms with Gasteiger partial charge in [0.1, 0.15) is 11.6 Å². The van der Waals surface area contributed by atoms with Crippen molar-refractivity contribution in [1.82, 2.24) is 19.7 Å². The fourth-order valence-corrected chi connectivity index (χ4v) is 5.59. The molecule has 0 atom stereocenters. The van der Waals surface area contributed by atoms with Crippen molar-refractivity contribution in [1.29, 1.82) is 0 Å². The van der Waals surface area contributed by atoms with Gasteiger partial charge in [0.25, 0.3) is 5.56 Å². The molecule has 3 heterocycles. The predicted molar refractivity (Wildman–Crippen MR) is 168 cm³/mol. The smallest absolute Gasteiger partial charge is 0.439 e. The summed E-state index contributed by atoms with van der Waals surface area (Å²) in [5.41, 5.74) is 7.25. The molecule has 0 spiro atoms. The van der Waals surface area contributed by atoms with E-state index in [0.717, 1.165) is 82.0 Å². The molecule has 2 aromatic heterocycles. The van der Waals surface area contributed by atoms with Gasteiger partial charge >= 0.3 is 5.76 Å². The largest absolute Gasteiger partial charge is 0.493 e. The molecule has 6 rings (SSSR count). The maximum Gasteiger partial charge on any atom is 0.439 e. The zero-order valence-electron chi connectivity index (χ0n) is 25.1. The fourth-order valence-electron chi connectivity index (χ4n) is 5.59. The van der Waals surface area contributed by atoms with E-state index in [4.69, 9.17) is 14.2 Å². The Morgan fingerprint density at radius 2 is 1.77 bits per heavy atom. The SMILES string of the molecule is CCCCc1nc(C(C)C)n(-c2ccc3c(c2)CCO3)c(=O)c1Cc1ccc(-c2ccccc2-c2noc(=O)[nH]2)cc1.[Na]. The van der Waals surface area contributed by atoms with Crippen LogP contribution in [0.2, 0.25) is 0 Å². The summed E-state index contributed by atoms with van der Waals surface area (Å²) in [6, 6.07) is 21.9. The standard InChI is InChI=1S/C34H34N4O4.Na/c1-4-5-10-29-28(33(39)38(32(35-29)21(2)3)25-15-16-30-24(20-25)17-18-41-30)19-22-11-13-23(14-12-22)26-8-6-7-9-27(26)31-36-34(40)42-37-31;/h6-9,11-16,20-21H,4-5,10,17-19H2,1-3H3,(H,36,37,40);. The number of hydrogen-bond donors (Lipinski definition) is 1. The van der Waals surface area contributed by atoms with Crippen LogP contribution in [0.5, 0.6) is 5.75 Å². The van der Waals surface area contributed by atoms with Gasteiger partial charge in [0.15, 0.2) is 5.82 Å². The van der Waals surface area contributed by atoms with Gasteiger partial charge in [0.2, 0.25) is 0 Å². The molecular weight excluding hydrogens is 551 g/mol. The molecule has 8 nitrogen and oxygen atoms in total. The summed E-state index contributed by atoms with van der Waals surface area (Å²) < 4.78 is 12.2. The Bertz CT molecular complexity index is 1850. The molecule has 0 fully saturated rings. The molecule has 1 N–H and O–H groups in total. The first kappa shape index (κ1) is 30.7. The fraction of sp³-hybridized carbons (Fsp3) is 0.294. The van der Waals surface area contributed by atoms with Gasteiger partial charge < -0.3 is 4.74 Å². The van der Waals surface area contributed by atoms with Crippen molar-refractivity contribution in [2.75, 3.05) is 6.61 Å². The summed E-state index contributed by atoms with van der Waals surface area (Å²) in [6.45, 7) is 7.00. The Hall–Kier alpha value is -3.72. The number of unbranched alkanes of at least 4 members (excludes halogenated alkanes) is 1. The normalized spacial score (nSPS) is 12.2. The molecule has 0 aliphatic carbocycles. The molecule has 0 saturated carbocycles. The maximum absolute atomic E-state index is 14.3. The molecular formula is C34H34N4NaO4. The van der Waals surface area contributed by atoms with E-state index in [-0.39, 0.29) is 41.0 Å². The van der Waals surface area contributed by atoms with Crippen LogP contribution >= 0.6 is 0 Å². The average molecular weight is 586 g/mol. The van der Waals surface area contributed by atoms with Gasteiger partial charge in [-0.05, 0) is 53.3 Å². The minimum absolute atomic E-state index is 0. The molecule has 1 aliphatic heterocycles. The third-order valence-electron chi connectivity index (χ3n) is 7.77. The van der Waals surface area contributed by atoms with E-state index in [0.29, 0.717) is 18.9 Å². The molecule has 0 unspecified atom stereocenters. The summed E-state index contributed by atoms with van der Waals surface area (Å²) in [5, 5.41) is 3.87. The molecule has 1 aliphatic rings. The second-order valence-corrected chi connectivity index (χ2v) is 11.0. The van der Waals surface area contributed by atoms with Gasteiger partial charge in [-0.25, -0.2) is 9.78 Å². The van der Waals surface area contributed by atoms with Crippen LogP contribution in [-0.2, 0) is 19.3 Å². The van der Waals surface area contributed by atoms with E-state index in [9.17, 15) is 9.59 Å². The minimum Gasteiger partial charge on any atom is -0.493 e. The van der Waals surface area contributed by atoms with Gasteiger partial charge in [-0.15, -0.1) is 0 Å². The Morgan fingerprint density at radius 1 is 1.00 bits per heavy atom. The summed E-state index contributed by atoms with van der Waals surface area (Å²) in [7, 11) is 0. The van der Waals surface area contributed by atoms with E-state index in [1.807, 2.05) is 60.7 Å². The Balaban J connectivity index is 0.00000368. The molecule has 0 amide bonds. The average Bonchev–Trinajstić information content (AvgIpc) is 3.66. The van der Waals surface area contributed by atoms with Gasteiger partial charge in [-0.2, -0.15) is 0 Å². The number of aryl methyl sites for hydroxylation is 1. The third kappa shape index (κ3) is 6.32. The number of aromatic nitrogens is 4. The van der Waals surface area contributed by atoms with Crippen molar-refractivity contribution in [2.24, 2.45) is 0 Å². The zero-order chi connectivity index (χ0) is 29.2. The summed E-state index contributed by atoms with van der Waals surface area (Å²) in [4.78, 5) is 33.6. The van der Waals surface area contributed by atoms with E-state index < -0.39 is 5.76 Å². The molecule has 3 aromatic carbocycles. The second kappa shape index (κ2) is 13.3. The Morgan fingerprint density at radius 3 is 2.47 bits per heavy atom. The van der Waals surface area contributed by atoms with Crippen LogP contribution in [-0.4, -0.2) is 55.9 Å². The molecule has 5 aromatic rings. The predicted octanol–water partition coefficient (Wildman–Crippen LogP) is 5.85. The first-order chi connectivity index (χ1) is 20.4. The summed E-state index contributed by atoms with van der Waals surface area (Å²) >= 11 is 0. The third-order valence-corrected chi connectivity index (χ3v) is 7.77. The molecule has 1 radical (unpaired) electrons. The first-order valence-electron chi connectivity index (χ1n) is 14.6. The molecule has 215 valence electrons. The van der Waals surface area contributed by atoms with E-state index in [2.05, 4.69) is 37.0 Å². The Kier molecular flexibility index (Phi) is 9.49. The molecule has 0 saturated heterocycles. The maximum atomic E-state index is 14.3. The van der Waals surface area contributed by atoms with Crippen LogP contribution in [0, 0.1) is 0 Å². The van der Waals surface area contributed by atoms with Crippen molar-refractivity contribution in [3.05, 3.63) is 116 Å². The van der Waals surface area contributed by atoms with Crippen LogP contribution in [0.4, 0.5) is 0 Å². The Labute approximate surface area is 272 Å². The summed E-state index contributed by atoms with van der Waals surface area (Å²) in [5.74, 6) is 1.55. The van der Waals surface area contributed by atoms with E-state index >= 15 is 0 Å².